The zero-order chi connectivity index (χ0) is 20.6. The minimum absolute atomic E-state index is 0.0853. The molecule has 1 aliphatic heterocycles. The van der Waals surface area contributed by atoms with E-state index in [2.05, 4.69) is 10.3 Å². The minimum Gasteiger partial charge on any atom is -0.454 e. The normalized spacial score (nSPS) is 12.1. The van der Waals surface area contributed by atoms with Crippen molar-refractivity contribution >= 4 is 11.8 Å². The number of hydrogen-bond donors (Lipinski definition) is 1. The third kappa shape index (κ3) is 5.24. The lowest BCUT2D eigenvalue weighted by molar-refractivity contribution is 0.0662. The molecule has 10 nitrogen and oxygen atoms in total. The lowest BCUT2D eigenvalue weighted by Gasteiger charge is -2.21. The van der Waals surface area contributed by atoms with Gasteiger partial charge in [-0.1, -0.05) is 0 Å². The lowest BCUT2D eigenvalue weighted by atomic mass is 10.1. The number of ether oxygens (including phenoxy) is 4. The van der Waals surface area contributed by atoms with Crippen LogP contribution in [-0.2, 0) is 16.0 Å². The molecule has 2 heterocycles. The van der Waals surface area contributed by atoms with Crippen LogP contribution < -0.4 is 14.8 Å². The van der Waals surface area contributed by atoms with Gasteiger partial charge < -0.3 is 33.6 Å². The first kappa shape index (κ1) is 20.6. The van der Waals surface area contributed by atoms with Gasteiger partial charge in [0.25, 0.3) is 11.8 Å². The van der Waals surface area contributed by atoms with E-state index in [1.54, 1.807) is 32.4 Å². The Balaban J connectivity index is 1.69. The van der Waals surface area contributed by atoms with Gasteiger partial charge in [-0.15, -0.1) is 0 Å². The van der Waals surface area contributed by atoms with Gasteiger partial charge in [-0.2, -0.15) is 0 Å². The van der Waals surface area contributed by atoms with Crippen molar-refractivity contribution in [2.75, 3.05) is 47.3 Å². The summed E-state index contributed by atoms with van der Waals surface area (Å²) in [5, 5.41) is 2.66. The third-order valence-corrected chi connectivity index (χ3v) is 4.17. The van der Waals surface area contributed by atoms with Gasteiger partial charge in [-0.3, -0.25) is 9.59 Å². The van der Waals surface area contributed by atoms with Gasteiger partial charge >= 0.3 is 0 Å². The number of amides is 2. The maximum Gasteiger partial charge on any atom is 0.273 e. The Bertz CT molecular complexity index is 852. The molecule has 3 rings (SSSR count). The van der Waals surface area contributed by atoms with Gasteiger partial charge in [-0.25, -0.2) is 4.98 Å². The van der Waals surface area contributed by atoms with Crippen LogP contribution >= 0.6 is 0 Å². The number of nitrogens with zero attached hydrogens (tertiary/aromatic N) is 2. The number of oxazole rings is 1. The number of carbonyl (C=O) groups excluding carboxylic acids is 2. The highest BCUT2D eigenvalue weighted by atomic mass is 16.7. The molecule has 1 N–H and O–H groups in total. The van der Waals surface area contributed by atoms with Crippen molar-refractivity contribution in [3.05, 3.63) is 41.6 Å². The molecule has 0 fully saturated rings. The van der Waals surface area contributed by atoms with E-state index >= 15 is 0 Å². The summed E-state index contributed by atoms with van der Waals surface area (Å²) in [7, 11) is 3.10. The molecule has 0 saturated carbocycles. The number of fused-ring (bicyclic) bond motifs is 1. The molecule has 0 unspecified atom stereocenters. The Morgan fingerprint density at radius 1 is 1.17 bits per heavy atom. The van der Waals surface area contributed by atoms with E-state index in [4.69, 9.17) is 23.4 Å². The van der Waals surface area contributed by atoms with Crippen molar-refractivity contribution in [1.29, 1.82) is 0 Å². The van der Waals surface area contributed by atoms with Crippen molar-refractivity contribution in [3.63, 3.8) is 0 Å². The molecule has 0 bridgehead atoms. The van der Waals surface area contributed by atoms with Crippen LogP contribution in [0.3, 0.4) is 0 Å². The Labute approximate surface area is 167 Å². The number of carbonyl (C=O) groups is 2. The van der Waals surface area contributed by atoms with E-state index in [0.717, 1.165) is 0 Å². The second-order valence-electron chi connectivity index (χ2n) is 6.16. The number of aromatic nitrogens is 1. The number of hydrogen-bond acceptors (Lipinski definition) is 8. The molecule has 0 atom stereocenters. The SMILES string of the molecule is COCCNC(=O)c1coc(CN(CCOC)C(=O)c2ccc3c(c2)OCO3)n1. The summed E-state index contributed by atoms with van der Waals surface area (Å²) in [6, 6.07) is 4.99. The molecule has 0 radical (unpaired) electrons. The topological polar surface area (TPSA) is 112 Å². The van der Waals surface area contributed by atoms with E-state index in [-0.39, 0.29) is 36.7 Å². The fourth-order valence-corrected chi connectivity index (χ4v) is 2.67. The molecule has 0 spiro atoms. The van der Waals surface area contributed by atoms with Gasteiger partial charge in [0.2, 0.25) is 12.7 Å². The van der Waals surface area contributed by atoms with Crippen molar-refractivity contribution < 1.29 is 33.0 Å². The van der Waals surface area contributed by atoms with Gasteiger partial charge in [0, 0.05) is 32.9 Å². The Morgan fingerprint density at radius 3 is 2.76 bits per heavy atom. The predicted molar refractivity (Wildman–Crippen MR) is 99.9 cm³/mol. The highest BCUT2D eigenvalue weighted by Crippen LogP contribution is 2.32. The zero-order valence-corrected chi connectivity index (χ0v) is 16.3. The molecular formula is C19H23N3O7. The molecule has 156 valence electrons. The van der Waals surface area contributed by atoms with Crippen LogP contribution in [0, 0.1) is 0 Å². The Hall–Kier alpha value is -3.11. The standard InChI is InChI=1S/C19H23N3O7/c1-25-7-5-20-18(23)14-11-27-17(21-14)10-22(6-8-26-2)19(24)13-3-4-15-16(9-13)29-12-28-15/h3-4,9,11H,5-8,10,12H2,1-2H3,(H,20,23). The molecule has 2 aromatic rings. The maximum atomic E-state index is 13.0. The Kier molecular flexibility index (Phi) is 7.04. The molecule has 0 saturated heterocycles. The molecule has 10 heteroatoms. The van der Waals surface area contributed by atoms with E-state index < -0.39 is 0 Å². The van der Waals surface area contributed by atoms with E-state index in [0.29, 0.717) is 43.4 Å². The molecule has 0 aliphatic carbocycles. The second-order valence-corrected chi connectivity index (χ2v) is 6.16. The van der Waals surface area contributed by atoms with E-state index in [9.17, 15) is 9.59 Å². The summed E-state index contributed by atoms with van der Waals surface area (Å²) in [6.07, 6.45) is 1.26. The molecule has 29 heavy (non-hydrogen) atoms. The molecule has 2 amide bonds. The highest BCUT2D eigenvalue weighted by Gasteiger charge is 2.22. The number of rotatable bonds is 10. The molecule has 1 aliphatic rings. The fourth-order valence-electron chi connectivity index (χ4n) is 2.67. The van der Waals surface area contributed by atoms with E-state index in [1.165, 1.54) is 11.2 Å². The number of methoxy groups -OCH3 is 2. The number of nitrogens with one attached hydrogen (secondary N) is 1. The first-order chi connectivity index (χ1) is 14.1. The molecule has 1 aromatic heterocycles. The van der Waals surface area contributed by atoms with Crippen LogP contribution in [0.15, 0.2) is 28.9 Å². The first-order valence-corrected chi connectivity index (χ1v) is 9.01. The summed E-state index contributed by atoms with van der Waals surface area (Å²) < 4.78 is 26.0. The van der Waals surface area contributed by atoms with E-state index in [1.807, 2.05) is 0 Å². The van der Waals surface area contributed by atoms with Gasteiger partial charge in [-0.05, 0) is 18.2 Å². The summed E-state index contributed by atoms with van der Waals surface area (Å²) >= 11 is 0. The van der Waals surface area contributed by atoms with Crippen LogP contribution in [0.2, 0.25) is 0 Å². The zero-order valence-electron chi connectivity index (χ0n) is 16.3. The quantitative estimate of drug-likeness (QED) is 0.584. The van der Waals surface area contributed by atoms with Gasteiger partial charge in [0.05, 0.1) is 19.8 Å². The maximum absolute atomic E-state index is 13.0. The summed E-state index contributed by atoms with van der Waals surface area (Å²) in [5.41, 5.74) is 0.577. The smallest absolute Gasteiger partial charge is 0.273 e. The van der Waals surface area contributed by atoms with Crippen molar-refractivity contribution in [2.45, 2.75) is 6.54 Å². The average molecular weight is 405 g/mol. The van der Waals surface area contributed by atoms with Crippen LogP contribution in [0.1, 0.15) is 26.7 Å². The average Bonchev–Trinajstić information content (AvgIpc) is 3.39. The van der Waals surface area contributed by atoms with Crippen molar-refractivity contribution in [2.24, 2.45) is 0 Å². The monoisotopic (exact) mass is 405 g/mol. The van der Waals surface area contributed by atoms with Gasteiger partial charge in [0.15, 0.2) is 17.2 Å². The first-order valence-electron chi connectivity index (χ1n) is 9.01. The fraction of sp³-hybridized carbons (Fsp3) is 0.421. The van der Waals surface area contributed by atoms with Gasteiger partial charge in [0.1, 0.15) is 6.26 Å². The summed E-state index contributed by atoms with van der Waals surface area (Å²) in [5.74, 6) is 0.745. The molecule has 1 aromatic carbocycles. The lowest BCUT2D eigenvalue weighted by Crippen LogP contribution is -2.33. The van der Waals surface area contributed by atoms with Crippen LogP contribution in [0.5, 0.6) is 11.5 Å². The summed E-state index contributed by atoms with van der Waals surface area (Å²) in [6.45, 7) is 1.63. The van der Waals surface area contributed by atoms with Crippen molar-refractivity contribution in [3.8, 4) is 11.5 Å². The van der Waals surface area contributed by atoms with Crippen LogP contribution in [-0.4, -0.2) is 69.0 Å². The Morgan fingerprint density at radius 2 is 1.97 bits per heavy atom. The third-order valence-electron chi connectivity index (χ3n) is 4.17. The van der Waals surface area contributed by atoms with Crippen molar-refractivity contribution in [1.82, 2.24) is 15.2 Å². The van der Waals surface area contributed by atoms with Crippen LogP contribution in [0.4, 0.5) is 0 Å². The van der Waals surface area contributed by atoms with Crippen LogP contribution in [0.25, 0.3) is 0 Å². The minimum atomic E-state index is -0.373. The largest absolute Gasteiger partial charge is 0.454 e. The number of benzene rings is 1. The highest BCUT2D eigenvalue weighted by molar-refractivity contribution is 5.95. The molecular weight excluding hydrogens is 382 g/mol. The second kappa shape index (κ2) is 9.89. The summed E-state index contributed by atoms with van der Waals surface area (Å²) in [4.78, 5) is 30.7. The predicted octanol–water partition coefficient (Wildman–Crippen LogP) is 1.07.